The van der Waals surface area contributed by atoms with Gasteiger partial charge in [-0.25, -0.2) is 0 Å². The molecule has 32 heavy (non-hydrogen) atoms. The van der Waals surface area contributed by atoms with Crippen LogP contribution in [0, 0.1) is 23.7 Å². The molecule has 172 valence electrons. The molecule has 2 saturated heterocycles. The van der Waals surface area contributed by atoms with E-state index in [0.717, 1.165) is 50.1 Å². The minimum Gasteiger partial charge on any atom is -0.458 e. The number of nitrogens with zero attached hydrogens (tertiary/aromatic N) is 1. The second kappa shape index (κ2) is 7.62. The Morgan fingerprint density at radius 1 is 1.22 bits per heavy atom. The molecule has 3 heterocycles. The SMILES string of the molecule is CC(=O)NCC(=O)N1CCC2(CC1)CO[C@@H]1c3oc4cc(C)ccc4c3CC(C)(C)[C@H]1C2. The first-order valence-electron chi connectivity index (χ1n) is 11.8. The Bertz CT molecular complexity index is 1060. The van der Waals surface area contributed by atoms with E-state index < -0.39 is 0 Å². The Kier molecular flexibility index (Phi) is 5.12. The van der Waals surface area contributed by atoms with Crippen LogP contribution in [-0.4, -0.2) is 43.0 Å². The minimum atomic E-state index is -0.168. The number of nitrogens with one attached hydrogen (secondary N) is 1. The average molecular weight is 439 g/mol. The van der Waals surface area contributed by atoms with E-state index in [4.69, 9.17) is 9.15 Å². The number of aryl methyl sites for hydroxylation is 1. The van der Waals surface area contributed by atoms with E-state index in [1.165, 1.54) is 23.4 Å². The standard InChI is InChI=1S/C26H34N2O4/c1-16-5-6-18-19-12-25(3,4)20-13-26(15-31-24(20)23(19)32-21(18)11-16)7-9-28(10-8-26)22(30)14-27-17(2)29/h5-6,11,20,24H,7-10,12-15H2,1-4H3,(H,27,29)/t20-,24-/m0/s1. The Balaban J connectivity index is 1.34. The van der Waals surface area contributed by atoms with Gasteiger partial charge in [0.1, 0.15) is 17.4 Å². The van der Waals surface area contributed by atoms with E-state index in [2.05, 4.69) is 44.3 Å². The van der Waals surface area contributed by atoms with Gasteiger partial charge in [-0.05, 0) is 61.0 Å². The van der Waals surface area contributed by atoms with E-state index in [1.54, 1.807) is 0 Å². The summed E-state index contributed by atoms with van der Waals surface area (Å²) in [6, 6.07) is 6.49. The zero-order valence-corrected chi connectivity index (χ0v) is 19.6. The summed E-state index contributed by atoms with van der Waals surface area (Å²) in [4.78, 5) is 25.4. The normalized spacial score (nSPS) is 25.9. The fourth-order valence-corrected chi connectivity index (χ4v) is 6.13. The van der Waals surface area contributed by atoms with Crippen molar-refractivity contribution in [2.75, 3.05) is 26.2 Å². The van der Waals surface area contributed by atoms with E-state index in [-0.39, 0.29) is 35.3 Å². The molecule has 2 fully saturated rings. The highest BCUT2D eigenvalue weighted by Gasteiger charge is 2.53. The lowest BCUT2D eigenvalue weighted by atomic mass is 9.58. The second-order valence-corrected chi connectivity index (χ2v) is 10.9. The third-order valence-electron chi connectivity index (χ3n) is 8.13. The molecule has 5 rings (SSSR count). The van der Waals surface area contributed by atoms with Crippen LogP contribution in [0.4, 0.5) is 0 Å². The molecule has 1 aliphatic carbocycles. The van der Waals surface area contributed by atoms with Crippen molar-refractivity contribution in [3.05, 3.63) is 35.1 Å². The van der Waals surface area contributed by atoms with Crippen LogP contribution in [0.3, 0.4) is 0 Å². The zero-order valence-electron chi connectivity index (χ0n) is 19.6. The third kappa shape index (κ3) is 3.62. The summed E-state index contributed by atoms with van der Waals surface area (Å²) in [5, 5.41) is 3.85. The van der Waals surface area contributed by atoms with Gasteiger partial charge in [0, 0.05) is 31.0 Å². The maximum absolute atomic E-state index is 12.4. The van der Waals surface area contributed by atoms with Crippen LogP contribution in [0.15, 0.2) is 22.6 Å². The van der Waals surface area contributed by atoms with E-state index >= 15 is 0 Å². The molecule has 0 bridgehead atoms. The molecule has 2 amide bonds. The maximum Gasteiger partial charge on any atom is 0.241 e. The average Bonchev–Trinajstić information content (AvgIpc) is 3.09. The molecule has 1 aromatic carbocycles. The fourth-order valence-electron chi connectivity index (χ4n) is 6.13. The third-order valence-corrected chi connectivity index (χ3v) is 8.13. The Morgan fingerprint density at radius 2 is 1.97 bits per heavy atom. The number of hydrogen-bond donors (Lipinski definition) is 1. The van der Waals surface area contributed by atoms with Gasteiger partial charge >= 0.3 is 0 Å². The molecule has 6 nitrogen and oxygen atoms in total. The summed E-state index contributed by atoms with van der Waals surface area (Å²) in [5.74, 6) is 1.27. The number of fused-ring (bicyclic) bond motifs is 5. The van der Waals surface area contributed by atoms with Gasteiger partial charge in [-0.3, -0.25) is 9.59 Å². The molecule has 1 spiro atoms. The fraction of sp³-hybridized carbons (Fsp3) is 0.615. The maximum atomic E-state index is 12.4. The number of amides is 2. The van der Waals surface area contributed by atoms with Crippen LogP contribution in [-0.2, 0) is 20.7 Å². The Morgan fingerprint density at radius 3 is 2.69 bits per heavy atom. The minimum absolute atomic E-state index is 0.00450. The summed E-state index contributed by atoms with van der Waals surface area (Å²) in [7, 11) is 0. The molecule has 0 saturated carbocycles. The molecule has 2 atom stereocenters. The number of hydrogen-bond acceptors (Lipinski definition) is 4. The van der Waals surface area contributed by atoms with Gasteiger partial charge in [-0.1, -0.05) is 26.0 Å². The van der Waals surface area contributed by atoms with Crippen molar-refractivity contribution in [1.29, 1.82) is 0 Å². The predicted octanol–water partition coefficient (Wildman–Crippen LogP) is 4.15. The van der Waals surface area contributed by atoms with Gasteiger partial charge in [0.05, 0.1) is 13.2 Å². The highest BCUT2D eigenvalue weighted by atomic mass is 16.5. The number of ether oxygens (including phenoxy) is 1. The van der Waals surface area contributed by atoms with E-state index in [0.29, 0.717) is 12.5 Å². The van der Waals surface area contributed by atoms with Crippen molar-refractivity contribution in [3.63, 3.8) is 0 Å². The highest BCUT2D eigenvalue weighted by molar-refractivity contribution is 5.84. The van der Waals surface area contributed by atoms with Gasteiger partial charge in [0.15, 0.2) is 0 Å². The van der Waals surface area contributed by atoms with Crippen molar-refractivity contribution in [2.24, 2.45) is 16.7 Å². The largest absolute Gasteiger partial charge is 0.458 e. The number of piperidine rings is 1. The zero-order chi connectivity index (χ0) is 22.7. The summed E-state index contributed by atoms with van der Waals surface area (Å²) in [6.45, 7) is 10.5. The number of rotatable bonds is 2. The van der Waals surface area contributed by atoms with Crippen molar-refractivity contribution in [1.82, 2.24) is 10.2 Å². The van der Waals surface area contributed by atoms with Crippen LogP contribution in [0.25, 0.3) is 11.0 Å². The summed E-state index contributed by atoms with van der Waals surface area (Å²) in [6.07, 6.45) is 4.01. The number of carbonyl (C=O) groups excluding carboxylic acids is 2. The number of likely N-dealkylation sites (tertiary alicyclic amines) is 1. The van der Waals surface area contributed by atoms with E-state index in [1.807, 2.05) is 4.90 Å². The molecule has 1 aromatic heterocycles. The molecule has 0 radical (unpaired) electrons. The van der Waals surface area contributed by atoms with Gasteiger partial charge in [-0.2, -0.15) is 0 Å². The Hall–Kier alpha value is -2.34. The molecule has 1 N–H and O–H groups in total. The van der Waals surface area contributed by atoms with Crippen LogP contribution >= 0.6 is 0 Å². The smallest absolute Gasteiger partial charge is 0.241 e. The molecular formula is C26H34N2O4. The Labute approximate surface area is 189 Å². The molecule has 0 unspecified atom stereocenters. The first-order chi connectivity index (χ1) is 15.2. The lowest BCUT2D eigenvalue weighted by molar-refractivity contribution is -0.163. The summed E-state index contributed by atoms with van der Waals surface area (Å²) >= 11 is 0. The molecule has 2 aliphatic heterocycles. The second-order valence-electron chi connectivity index (χ2n) is 10.9. The van der Waals surface area contributed by atoms with Crippen LogP contribution in [0.1, 0.15) is 63.0 Å². The van der Waals surface area contributed by atoms with Gasteiger partial charge < -0.3 is 19.4 Å². The van der Waals surface area contributed by atoms with Crippen LogP contribution in [0.2, 0.25) is 0 Å². The first kappa shape index (κ1) is 21.5. The van der Waals surface area contributed by atoms with Crippen LogP contribution in [0.5, 0.6) is 0 Å². The number of benzene rings is 1. The van der Waals surface area contributed by atoms with Gasteiger partial charge in [0.2, 0.25) is 11.8 Å². The monoisotopic (exact) mass is 438 g/mol. The quantitative estimate of drug-likeness (QED) is 0.765. The lowest BCUT2D eigenvalue weighted by Gasteiger charge is -2.54. The van der Waals surface area contributed by atoms with Crippen molar-refractivity contribution < 1.29 is 18.7 Å². The van der Waals surface area contributed by atoms with Crippen molar-refractivity contribution in [2.45, 2.75) is 59.5 Å². The van der Waals surface area contributed by atoms with Crippen LogP contribution < -0.4 is 5.32 Å². The van der Waals surface area contributed by atoms with Crippen molar-refractivity contribution in [3.8, 4) is 0 Å². The number of carbonyl (C=O) groups is 2. The topological polar surface area (TPSA) is 71.8 Å². The summed E-state index contributed by atoms with van der Waals surface area (Å²) in [5.41, 5.74) is 3.73. The molecular weight excluding hydrogens is 404 g/mol. The lowest BCUT2D eigenvalue weighted by Crippen LogP contribution is -2.52. The molecule has 3 aliphatic rings. The van der Waals surface area contributed by atoms with Crippen molar-refractivity contribution >= 4 is 22.8 Å². The van der Waals surface area contributed by atoms with E-state index in [9.17, 15) is 9.59 Å². The number of furan rings is 1. The summed E-state index contributed by atoms with van der Waals surface area (Å²) < 4.78 is 13.0. The van der Waals surface area contributed by atoms with Gasteiger partial charge in [-0.15, -0.1) is 0 Å². The van der Waals surface area contributed by atoms with Gasteiger partial charge in [0.25, 0.3) is 0 Å². The first-order valence-corrected chi connectivity index (χ1v) is 11.8. The molecule has 6 heteroatoms. The highest BCUT2D eigenvalue weighted by Crippen LogP contribution is 2.58. The predicted molar refractivity (Wildman–Crippen MR) is 122 cm³/mol. The molecule has 2 aromatic rings.